The van der Waals surface area contributed by atoms with Crippen LogP contribution in [0.3, 0.4) is 0 Å². The van der Waals surface area contributed by atoms with Crippen molar-refractivity contribution >= 4 is 32.6 Å². The molecule has 0 atom stereocenters. The van der Waals surface area contributed by atoms with E-state index in [-0.39, 0.29) is 5.91 Å². The lowest BCUT2D eigenvalue weighted by Crippen LogP contribution is -2.11. The van der Waals surface area contributed by atoms with Crippen LogP contribution in [0.1, 0.15) is 18.7 Å². The zero-order valence-electron chi connectivity index (χ0n) is 14.0. The molecule has 0 aliphatic carbocycles. The number of benzene rings is 2. The van der Waals surface area contributed by atoms with E-state index in [4.69, 9.17) is 4.42 Å². The van der Waals surface area contributed by atoms with E-state index in [1.165, 1.54) is 11.3 Å². The Balaban J connectivity index is 1.29. The highest BCUT2D eigenvalue weighted by Gasteiger charge is 2.10. The van der Waals surface area contributed by atoms with Crippen LogP contribution in [0.15, 0.2) is 65.2 Å². The molecule has 1 N–H and O–H groups in total. The summed E-state index contributed by atoms with van der Waals surface area (Å²) in [6.07, 6.45) is 3.43. The van der Waals surface area contributed by atoms with Gasteiger partial charge in [-0.3, -0.25) is 4.79 Å². The monoisotopic (exact) mass is 363 g/mol. The van der Waals surface area contributed by atoms with Crippen molar-refractivity contribution in [2.24, 2.45) is 0 Å². The van der Waals surface area contributed by atoms with Crippen LogP contribution in [0.2, 0.25) is 0 Å². The molecular weight excluding hydrogens is 346 g/mol. The summed E-state index contributed by atoms with van der Waals surface area (Å²) in [6.45, 7) is 0. The number of thiazole rings is 1. The SMILES string of the molecule is O=C(CCCc1ncc(-c2ccccc2)o1)Nc1nc2ccccc2s1. The molecule has 130 valence electrons. The molecule has 26 heavy (non-hydrogen) atoms. The average Bonchev–Trinajstić information content (AvgIpc) is 3.29. The highest BCUT2D eigenvalue weighted by Crippen LogP contribution is 2.25. The first-order chi connectivity index (χ1) is 12.8. The fourth-order valence-corrected chi connectivity index (χ4v) is 3.55. The third-order valence-electron chi connectivity index (χ3n) is 3.95. The Morgan fingerprint density at radius 2 is 1.88 bits per heavy atom. The first kappa shape index (κ1) is 16.5. The molecule has 6 heteroatoms. The number of amides is 1. The van der Waals surface area contributed by atoms with Gasteiger partial charge in [-0.1, -0.05) is 53.8 Å². The summed E-state index contributed by atoms with van der Waals surface area (Å²) < 4.78 is 6.82. The molecule has 0 unspecified atom stereocenters. The van der Waals surface area contributed by atoms with E-state index in [1.54, 1.807) is 6.20 Å². The van der Waals surface area contributed by atoms with Crippen molar-refractivity contribution in [2.45, 2.75) is 19.3 Å². The lowest BCUT2D eigenvalue weighted by molar-refractivity contribution is -0.116. The van der Waals surface area contributed by atoms with E-state index in [2.05, 4.69) is 15.3 Å². The van der Waals surface area contributed by atoms with Crippen LogP contribution < -0.4 is 5.32 Å². The lowest BCUT2D eigenvalue weighted by atomic mass is 10.2. The zero-order chi connectivity index (χ0) is 17.8. The van der Waals surface area contributed by atoms with Crippen molar-refractivity contribution in [1.29, 1.82) is 0 Å². The second-order valence-corrected chi connectivity index (χ2v) is 6.90. The van der Waals surface area contributed by atoms with Crippen molar-refractivity contribution in [3.05, 3.63) is 66.7 Å². The minimum atomic E-state index is -0.0427. The maximum Gasteiger partial charge on any atom is 0.226 e. The molecule has 5 nitrogen and oxygen atoms in total. The zero-order valence-corrected chi connectivity index (χ0v) is 14.8. The molecule has 4 rings (SSSR count). The second kappa shape index (κ2) is 7.49. The van der Waals surface area contributed by atoms with E-state index in [0.717, 1.165) is 21.5 Å². The smallest absolute Gasteiger partial charge is 0.226 e. The molecule has 0 saturated carbocycles. The number of aromatic nitrogens is 2. The lowest BCUT2D eigenvalue weighted by Gasteiger charge is -2.00. The summed E-state index contributed by atoms with van der Waals surface area (Å²) in [4.78, 5) is 20.8. The number of aryl methyl sites for hydroxylation is 1. The average molecular weight is 363 g/mol. The molecule has 0 radical (unpaired) electrons. The Labute approximate surface area is 154 Å². The minimum absolute atomic E-state index is 0.0427. The first-order valence-corrected chi connectivity index (χ1v) is 9.25. The highest BCUT2D eigenvalue weighted by atomic mass is 32.1. The summed E-state index contributed by atoms with van der Waals surface area (Å²) in [5.41, 5.74) is 1.90. The molecule has 0 aliphatic rings. The van der Waals surface area contributed by atoms with Crippen LogP contribution in [0.25, 0.3) is 21.5 Å². The van der Waals surface area contributed by atoms with Gasteiger partial charge in [0.25, 0.3) is 0 Å². The number of nitrogens with one attached hydrogen (secondary N) is 1. The Bertz CT molecular complexity index is 991. The quantitative estimate of drug-likeness (QED) is 0.528. The van der Waals surface area contributed by atoms with Crippen LogP contribution in [-0.4, -0.2) is 15.9 Å². The molecule has 0 saturated heterocycles. The summed E-state index contributed by atoms with van der Waals surface area (Å²) in [6, 6.07) is 17.7. The largest absolute Gasteiger partial charge is 0.441 e. The molecule has 2 aromatic carbocycles. The van der Waals surface area contributed by atoms with Gasteiger partial charge in [-0.05, 0) is 18.6 Å². The predicted molar refractivity (Wildman–Crippen MR) is 103 cm³/mol. The molecule has 0 bridgehead atoms. The molecule has 2 heterocycles. The summed E-state index contributed by atoms with van der Waals surface area (Å²) >= 11 is 1.48. The van der Waals surface area contributed by atoms with E-state index in [9.17, 15) is 4.79 Å². The van der Waals surface area contributed by atoms with Crippen LogP contribution in [0.4, 0.5) is 5.13 Å². The Morgan fingerprint density at radius 3 is 2.73 bits per heavy atom. The minimum Gasteiger partial charge on any atom is -0.441 e. The van der Waals surface area contributed by atoms with Gasteiger partial charge in [0, 0.05) is 18.4 Å². The fraction of sp³-hybridized carbons (Fsp3) is 0.150. The van der Waals surface area contributed by atoms with Gasteiger partial charge in [0.2, 0.25) is 5.91 Å². The van der Waals surface area contributed by atoms with Crippen molar-refractivity contribution in [2.75, 3.05) is 5.32 Å². The van der Waals surface area contributed by atoms with Crippen LogP contribution >= 0.6 is 11.3 Å². The maximum atomic E-state index is 12.1. The number of oxazole rings is 1. The molecule has 4 aromatic rings. The number of carbonyl (C=O) groups excluding carboxylic acids is 1. The van der Waals surface area contributed by atoms with E-state index in [0.29, 0.717) is 30.3 Å². The topological polar surface area (TPSA) is 68.0 Å². The van der Waals surface area contributed by atoms with Gasteiger partial charge in [-0.15, -0.1) is 0 Å². The summed E-state index contributed by atoms with van der Waals surface area (Å²) in [7, 11) is 0. The van der Waals surface area contributed by atoms with Crippen LogP contribution in [0.5, 0.6) is 0 Å². The molecule has 0 aliphatic heterocycles. The third-order valence-corrected chi connectivity index (χ3v) is 4.90. The summed E-state index contributed by atoms with van der Waals surface area (Å²) in [5, 5.41) is 3.50. The van der Waals surface area contributed by atoms with Gasteiger partial charge >= 0.3 is 0 Å². The fourth-order valence-electron chi connectivity index (χ4n) is 2.67. The normalized spacial score (nSPS) is 10.9. The standard InChI is InChI=1S/C20H17N3O2S/c24-18(23-20-22-15-9-4-5-10-17(15)26-20)11-6-12-19-21-13-16(25-19)14-7-2-1-3-8-14/h1-5,7-10,13H,6,11-12H2,(H,22,23,24). The molecule has 2 aromatic heterocycles. The van der Waals surface area contributed by atoms with E-state index >= 15 is 0 Å². The van der Waals surface area contributed by atoms with Crippen molar-refractivity contribution in [3.8, 4) is 11.3 Å². The Morgan fingerprint density at radius 1 is 1.08 bits per heavy atom. The van der Waals surface area contributed by atoms with Gasteiger partial charge in [-0.2, -0.15) is 0 Å². The van der Waals surface area contributed by atoms with Gasteiger partial charge < -0.3 is 9.73 Å². The predicted octanol–water partition coefficient (Wildman–Crippen LogP) is 4.91. The van der Waals surface area contributed by atoms with Crippen molar-refractivity contribution in [3.63, 3.8) is 0 Å². The van der Waals surface area contributed by atoms with Gasteiger partial charge in [0.15, 0.2) is 16.8 Å². The summed E-state index contributed by atoms with van der Waals surface area (Å²) in [5.74, 6) is 1.36. The molecule has 1 amide bonds. The Hall–Kier alpha value is -2.99. The molecule has 0 fully saturated rings. The number of nitrogens with zero attached hydrogens (tertiary/aromatic N) is 2. The number of rotatable bonds is 6. The van der Waals surface area contributed by atoms with E-state index in [1.807, 2.05) is 54.6 Å². The maximum absolute atomic E-state index is 12.1. The Kier molecular flexibility index (Phi) is 4.75. The van der Waals surface area contributed by atoms with Gasteiger partial charge in [0.1, 0.15) is 0 Å². The second-order valence-electron chi connectivity index (χ2n) is 5.87. The number of anilines is 1. The van der Waals surface area contributed by atoms with E-state index < -0.39 is 0 Å². The number of hydrogen-bond donors (Lipinski definition) is 1. The van der Waals surface area contributed by atoms with Gasteiger partial charge in [-0.25, -0.2) is 9.97 Å². The van der Waals surface area contributed by atoms with Crippen molar-refractivity contribution < 1.29 is 9.21 Å². The molecule has 0 spiro atoms. The molecular formula is C20H17N3O2S. The van der Waals surface area contributed by atoms with Crippen molar-refractivity contribution in [1.82, 2.24) is 9.97 Å². The number of fused-ring (bicyclic) bond motifs is 1. The number of para-hydroxylation sites is 1. The third kappa shape index (κ3) is 3.81. The highest BCUT2D eigenvalue weighted by molar-refractivity contribution is 7.22. The first-order valence-electron chi connectivity index (χ1n) is 8.43. The van der Waals surface area contributed by atoms with Gasteiger partial charge in [0.05, 0.1) is 16.4 Å². The number of carbonyl (C=O) groups is 1. The number of hydrogen-bond acceptors (Lipinski definition) is 5. The van der Waals surface area contributed by atoms with Crippen LogP contribution in [-0.2, 0) is 11.2 Å². The van der Waals surface area contributed by atoms with Crippen LogP contribution in [0, 0.1) is 0 Å².